The number of fused-ring (bicyclic) bond motifs is 1. The van der Waals surface area contributed by atoms with Crippen LogP contribution in [0.5, 0.6) is 0 Å². The maximum absolute atomic E-state index is 3.78. The monoisotopic (exact) mass is 275 g/mol. The van der Waals surface area contributed by atoms with E-state index in [2.05, 4.69) is 58.3 Å². The van der Waals surface area contributed by atoms with Crippen LogP contribution in [-0.2, 0) is 6.42 Å². The molecule has 1 aromatic rings. The fourth-order valence-electron chi connectivity index (χ4n) is 2.06. The van der Waals surface area contributed by atoms with Crippen molar-refractivity contribution in [2.45, 2.75) is 6.42 Å². The predicted octanol–water partition coefficient (Wildman–Crippen LogP) is 3.68. The van der Waals surface area contributed by atoms with Crippen LogP contribution < -0.4 is 5.32 Å². The molecular weight excluding hydrogens is 262 g/mol. The zero-order valence-electron chi connectivity index (χ0n) is 9.26. The first-order valence-corrected chi connectivity index (χ1v) is 6.03. The van der Waals surface area contributed by atoms with Gasteiger partial charge in [0.05, 0.1) is 0 Å². The van der Waals surface area contributed by atoms with Crippen LogP contribution in [0.4, 0.5) is 0 Å². The third-order valence-electron chi connectivity index (χ3n) is 2.69. The lowest BCUT2D eigenvalue weighted by Gasteiger charge is -2.01. The molecule has 0 bridgehead atoms. The Morgan fingerprint density at radius 2 is 2.25 bits per heavy atom. The van der Waals surface area contributed by atoms with Gasteiger partial charge in [-0.3, -0.25) is 0 Å². The van der Waals surface area contributed by atoms with Gasteiger partial charge in [0.15, 0.2) is 0 Å². The third kappa shape index (κ3) is 1.98. The van der Waals surface area contributed by atoms with E-state index in [1.165, 1.54) is 22.3 Å². The first-order valence-electron chi connectivity index (χ1n) is 5.24. The lowest BCUT2D eigenvalue weighted by atomic mass is 10.1. The molecular formula is C14H14BrN. The molecule has 2 heteroatoms. The predicted molar refractivity (Wildman–Crippen MR) is 73.2 cm³/mol. The molecule has 1 N–H and O–H groups in total. The van der Waals surface area contributed by atoms with E-state index in [9.17, 15) is 0 Å². The molecule has 1 aromatic carbocycles. The second kappa shape index (κ2) is 4.71. The highest BCUT2D eigenvalue weighted by atomic mass is 79.9. The van der Waals surface area contributed by atoms with Gasteiger partial charge in [0.25, 0.3) is 0 Å². The average molecular weight is 276 g/mol. The van der Waals surface area contributed by atoms with Gasteiger partial charge in [0.2, 0.25) is 0 Å². The van der Waals surface area contributed by atoms with Crippen molar-refractivity contribution >= 4 is 21.5 Å². The summed E-state index contributed by atoms with van der Waals surface area (Å²) in [7, 11) is 1.93. The van der Waals surface area contributed by atoms with Gasteiger partial charge in [-0.2, -0.15) is 0 Å². The van der Waals surface area contributed by atoms with Crippen LogP contribution in [0.3, 0.4) is 0 Å². The second-order valence-electron chi connectivity index (χ2n) is 3.75. The lowest BCUT2D eigenvalue weighted by molar-refractivity contribution is 1.07. The summed E-state index contributed by atoms with van der Waals surface area (Å²) in [5.41, 5.74) is 5.26. The molecule has 0 unspecified atom stereocenters. The highest BCUT2D eigenvalue weighted by Crippen LogP contribution is 2.37. The maximum Gasteiger partial charge on any atom is 0.0178 e. The van der Waals surface area contributed by atoms with Crippen LogP contribution in [0.15, 0.2) is 53.2 Å². The van der Waals surface area contributed by atoms with E-state index in [0.29, 0.717) is 0 Å². The maximum atomic E-state index is 3.78. The topological polar surface area (TPSA) is 12.0 Å². The number of hydrogen-bond donors (Lipinski definition) is 1. The van der Waals surface area contributed by atoms with Crippen LogP contribution in [0.2, 0.25) is 0 Å². The molecule has 2 rings (SSSR count). The van der Waals surface area contributed by atoms with E-state index in [4.69, 9.17) is 0 Å². The van der Waals surface area contributed by atoms with Crippen molar-refractivity contribution in [3.05, 3.63) is 64.3 Å². The first kappa shape index (κ1) is 11.2. The Balaban J connectivity index is 2.53. The number of benzene rings is 1. The molecule has 0 saturated heterocycles. The summed E-state index contributed by atoms with van der Waals surface area (Å²) < 4.78 is 1.13. The van der Waals surface area contributed by atoms with Gasteiger partial charge in [-0.05, 0) is 34.4 Å². The Bertz CT molecular complexity index is 484. The molecule has 0 fully saturated rings. The van der Waals surface area contributed by atoms with Gasteiger partial charge in [0.1, 0.15) is 0 Å². The SMILES string of the molecule is C=C/C=C1\C(=C/NC)Cc2cc(Br)ccc21. The van der Waals surface area contributed by atoms with Gasteiger partial charge < -0.3 is 5.32 Å². The average Bonchev–Trinajstić information content (AvgIpc) is 2.57. The third-order valence-corrected chi connectivity index (χ3v) is 3.18. The van der Waals surface area contributed by atoms with Crippen LogP contribution in [-0.4, -0.2) is 7.05 Å². The van der Waals surface area contributed by atoms with Crippen LogP contribution in [0.25, 0.3) is 5.57 Å². The van der Waals surface area contributed by atoms with E-state index in [1.54, 1.807) is 0 Å². The quantitative estimate of drug-likeness (QED) is 0.868. The zero-order valence-corrected chi connectivity index (χ0v) is 10.8. The summed E-state index contributed by atoms with van der Waals surface area (Å²) in [5, 5.41) is 3.10. The highest BCUT2D eigenvalue weighted by molar-refractivity contribution is 9.10. The first-order chi connectivity index (χ1) is 7.76. The highest BCUT2D eigenvalue weighted by Gasteiger charge is 2.20. The molecule has 0 aliphatic heterocycles. The van der Waals surface area contributed by atoms with Crippen molar-refractivity contribution in [1.82, 2.24) is 5.32 Å². The van der Waals surface area contributed by atoms with E-state index < -0.39 is 0 Å². The van der Waals surface area contributed by atoms with Crippen LogP contribution >= 0.6 is 15.9 Å². The van der Waals surface area contributed by atoms with Gasteiger partial charge in [-0.25, -0.2) is 0 Å². The van der Waals surface area contributed by atoms with Crippen molar-refractivity contribution in [2.75, 3.05) is 7.05 Å². The smallest absolute Gasteiger partial charge is 0.0178 e. The normalized spacial score (nSPS) is 18.9. The van der Waals surface area contributed by atoms with Crippen molar-refractivity contribution < 1.29 is 0 Å². The van der Waals surface area contributed by atoms with E-state index >= 15 is 0 Å². The number of halogens is 1. The van der Waals surface area contributed by atoms with E-state index in [1.807, 2.05) is 13.1 Å². The summed E-state index contributed by atoms with van der Waals surface area (Å²) in [6.07, 6.45) is 6.96. The lowest BCUT2D eigenvalue weighted by Crippen LogP contribution is -1.96. The van der Waals surface area contributed by atoms with E-state index in [0.717, 1.165) is 10.9 Å². The van der Waals surface area contributed by atoms with E-state index in [-0.39, 0.29) is 0 Å². The molecule has 0 amide bonds. The molecule has 0 heterocycles. The molecule has 1 nitrogen and oxygen atoms in total. The van der Waals surface area contributed by atoms with Crippen molar-refractivity contribution in [1.29, 1.82) is 0 Å². The van der Waals surface area contributed by atoms with Gasteiger partial charge in [-0.1, -0.05) is 40.7 Å². The molecule has 0 radical (unpaired) electrons. The fourth-order valence-corrected chi connectivity index (χ4v) is 2.47. The Morgan fingerprint density at radius 3 is 2.94 bits per heavy atom. The molecule has 82 valence electrons. The number of hydrogen-bond acceptors (Lipinski definition) is 1. The second-order valence-corrected chi connectivity index (χ2v) is 4.67. The Kier molecular flexibility index (Phi) is 3.30. The molecule has 16 heavy (non-hydrogen) atoms. The minimum atomic E-state index is 0.981. The largest absolute Gasteiger partial charge is 0.394 e. The summed E-state index contributed by atoms with van der Waals surface area (Å²) in [5.74, 6) is 0. The summed E-state index contributed by atoms with van der Waals surface area (Å²) in [6.45, 7) is 3.78. The summed E-state index contributed by atoms with van der Waals surface area (Å²) in [6, 6.07) is 6.42. The summed E-state index contributed by atoms with van der Waals surface area (Å²) >= 11 is 3.51. The molecule has 0 spiro atoms. The minimum absolute atomic E-state index is 0.981. The molecule has 1 aliphatic rings. The Labute approximate surface area is 105 Å². The van der Waals surface area contributed by atoms with Crippen molar-refractivity contribution in [3.8, 4) is 0 Å². The molecule has 0 saturated carbocycles. The zero-order chi connectivity index (χ0) is 11.5. The number of allylic oxidation sites excluding steroid dienone is 4. The number of nitrogens with one attached hydrogen (secondary N) is 1. The number of rotatable bonds is 2. The van der Waals surface area contributed by atoms with Crippen molar-refractivity contribution in [3.63, 3.8) is 0 Å². The van der Waals surface area contributed by atoms with Crippen LogP contribution in [0.1, 0.15) is 11.1 Å². The van der Waals surface area contributed by atoms with Gasteiger partial charge >= 0.3 is 0 Å². The van der Waals surface area contributed by atoms with Gasteiger partial charge in [0, 0.05) is 24.1 Å². The minimum Gasteiger partial charge on any atom is -0.394 e. The molecule has 0 atom stereocenters. The molecule has 0 aromatic heterocycles. The van der Waals surface area contributed by atoms with Crippen molar-refractivity contribution in [2.24, 2.45) is 0 Å². The van der Waals surface area contributed by atoms with Gasteiger partial charge in [-0.15, -0.1) is 0 Å². The Morgan fingerprint density at radius 1 is 1.44 bits per heavy atom. The standard InChI is InChI=1S/C14H14BrN/c1-3-4-13-11(9-16-2)7-10-8-12(15)5-6-14(10)13/h3-6,8-9,16H,1,7H2,2H3/b11-9-,13-4+. The summed E-state index contributed by atoms with van der Waals surface area (Å²) in [4.78, 5) is 0. The van der Waals surface area contributed by atoms with Crippen LogP contribution in [0, 0.1) is 0 Å². The Hall–Kier alpha value is -1.28. The molecule has 1 aliphatic carbocycles. The fraction of sp³-hybridized carbons (Fsp3) is 0.143.